The predicted molar refractivity (Wildman–Crippen MR) is 69.7 cm³/mol. The molecule has 4 unspecified atom stereocenters. The first-order chi connectivity index (χ1) is 8.11. The van der Waals surface area contributed by atoms with Crippen molar-refractivity contribution >= 4 is 0 Å². The van der Waals surface area contributed by atoms with Gasteiger partial charge in [0, 0.05) is 12.1 Å². The number of hydrogen-bond acceptors (Lipinski definition) is 3. The smallest absolute Gasteiger partial charge is 0.122 e. The molecule has 2 N–H and O–H groups in total. The molecule has 1 aliphatic heterocycles. The molecule has 0 aliphatic carbocycles. The van der Waals surface area contributed by atoms with Crippen LogP contribution in [0.4, 0.5) is 0 Å². The van der Waals surface area contributed by atoms with E-state index >= 15 is 0 Å². The summed E-state index contributed by atoms with van der Waals surface area (Å²) in [6.07, 6.45) is 4.32. The van der Waals surface area contributed by atoms with Crippen molar-refractivity contribution in [2.24, 2.45) is 11.7 Å². The van der Waals surface area contributed by atoms with Gasteiger partial charge in [-0.2, -0.15) is 0 Å². The van der Waals surface area contributed by atoms with E-state index in [0.717, 1.165) is 18.2 Å². The van der Waals surface area contributed by atoms with Gasteiger partial charge in [0.05, 0.1) is 12.3 Å². The van der Waals surface area contributed by atoms with Gasteiger partial charge in [-0.15, -0.1) is 0 Å². The summed E-state index contributed by atoms with van der Waals surface area (Å²) < 4.78 is 5.57. The lowest BCUT2D eigenvalue weighted by Gasteiger charge is -2.43. The Labute approximate surface area is 104 Å². The molecule has 1 aliphatic rings. The van der Waals surface area contributed by atoms with Crippen molar-refractivity contribution in [1.82, 2.24) is 4.90 Å². The van der Waals surface area contributed by atoms with Crippen LogP contribution in [0, 0.1) is 5.92 Å². The first-order valence-electron chi connectivity index (χ1n) is 6.66. The first kappa shape index (κ1) is 12.7. The Bertz CT molecular complexity index is 334. The quantitative estimate of drug-likeness (QED) is 0.877. The zero-order valence-corrected chi connectivity index (χ0v) is 11.1. The van der Waals surface area contributed by atoms with E-state index in [1.165, 1.54) is 12.8 Å². The van der Waals surface area contributed by atoms with Gasteiger partial charge in [-0.25, -0.2) is 0 Å². The molecule has 0 spiro atoms. The van der Waals surface area contributed by atoms with Crippen molar-refractivity contribution in [2.75, 3.05) is 6.54 Å². The number of piperidine rings is 1. The number of nitrogens with two attached hydrogens (primary N) is 1. The summed E-state index contributed by atoms with van der Waals surface area (Å²) in [5.74, 6) is 1.74. The van der Waals surface area contributed by atoms with Crippen molar-refractivity contribution in [2.45, 2.75) is 51.7 Å². The third-order valence-electron chi connectivity index (χ3n) is 4.11. The molecular formula is C14H24N2O. The van der Waals surface area contributed by atoms with Gasteiger partial charge in [0.25, 0.3) is 0 Å². The minimum atomic E-state index is 0.0916. The summed E-state index contributed by atoms with van der Waals surface area (Å²) >= 11 is 0. The molecular weight excluding hydrogens is 212 g/mol. The van der Waals surface area contributed by atoms with Crippen molar-refractivity contribution in [3.05, 3.63) is 24.2 Å². The third-order valence-corrected chi connectivity index (χ3v) is 4.11. The van der Waals surface area contributed by atoms with E-state index in [9.17, 15) is 0 Å². The zero-order valence-electron chi connectivity index (χ0n) is 11.1. The Morgan fingerprint density at radius 2 is 2.24 bits per heavy atom. The molecule has 0 amide bonds. The molecule has 1 aromatic rings. The Balaban J connectivity index is 2.21. The number of furan rings is 1. The van der Waals surface area contributed by atoms with E-state index < -0.39 is 0 Å². The fraction of sp³-hybridized carbons (Fsp3) is 0.714. The van der Waals surface area contributed by atoms with E-state index in [1.54, 1.807) is 6.26 Å². The van der Waals surface area contributed by atoms with Gasteiger partial charge in [-0.1, -0.05) is 6.92 Å². The van der Waals surface area contributed by atoms with Crippen LogP contribution in [0.5, 0.6) is 0 Å². The van der Waals surface area contributed by atoms with Crippen molar-refractivity contribution in [1.29, 1.82) is 0 Å². The molecule has 0 bridgehead atoms. The van der Waals surface area contributed by atoms with Crippen LogP contribution in [0.2, 0.25) is 0 Å². The van der Waals surface area contributed by atoms with E-state index in [1.807, 2.05) is 12.1 Å². The van der Waals surface area contributed by atoms with Gasteiger partial charge in [0.2, 0.25) is 0 Å². The maximum absolute atomic E-state index is 6.16. The van der Waals surface area contributed by atoms with Gasteiger partial charge in [0.1, 0.15) is 5.76 Å². The van der Waals surface area contributed by atoms with E-state index in [4.69, 9.17) is 10.2 Å². The summed E-state index contributed by atoms with van der Waals surface area (Å²) in [5.41, 5.74) is 6.16. The minimum absolute atomic E-state index is 0.0916. The maximum Gasteiger partial charge on any atom is 0.122 e. The second-order valence-electron chi connectivity index (χ2n) is 5.42. The monoisotopic (exact) mass is 236 g/mol. The standard InChI is InChI=1S/C14H24N2O/c1-10-6-4-8-16(12(10)3)14(11(2)15)13-7-5-9-17-13/h5,7,9-12,14H,4,6,8,15H2,1-3H3. The average Bonchev–Trinajstić information content (AvgIpc) is 2.77. The Kier molecular flexibility index (Phi) is 3.89. The molecule has 3 nitrogen and oxygen atoms in total. The summed E-state index contributed by atoms with van der Waals surface area (Å²) in [6.45, 7) is 7.83. The highest BCUT2D eigenvalue weighted by atomic mass is 16.3. The van der Waals surface area contributed by atoms with Gasteiger partial charge in [-0.05, 0) is 51.3 Å². The molecule has 1 aromatic heterocycles. The maximum atomic E-state index is 6.16. The summed E-state index contributed by atoms with van der Waals surface area (Å²) in [5, 5.41) is 0. The number of nitrogens with zero attached hydrogens (tertiary/aromatic N) is 1. The van der Waals surface area contributed by atoms with Crippen molar-refractivity contribution < 1.29 is 4.42 Å². The molecule has 0 radical (unpaired) electrons. The molecule has 1 fully saturated rings. The molecule has 0 saturated carbocycles. The van der Waals surface area contributed by atoms with Gasteiger partial charge in [0.15, 0.2) is 0 Å². The van der Waals surface area contributed by atoms with Crippen molar-refractivity contribution in [3.63, 3.8) is 0 Å². The SMILES string of the molecule is CC(N)C(c1ccco1)N1CCCC(C)C1C. The number of rotatable bonds is 3. The van der Waals surface area contributed by atoms with Crippen LogP contribution in [0.25, 0.3) is 0 Å². The topological polar surface area (TPSA) is 42.4 Å². The lowest BCUT2D eigenvalue weighted by atomic mass is 9.89. The van der Waals surface area contributed by atoms with Crippen LogP contribution in [0.3, 0.4) is 0 Å². The number of likely N-dealkylation sites (tertiary alicyclic amines) is 1. The van der Waals surface area contributed by atoms with Crippen LogP contribution in [-0.4, -0.2) is 23.5 Å². The second-order valence-corrected chi connectivity index (χ2v) is 5.42. The minimum Gasteiger partial charge on any atom is -0.468 e. The lowest BCUT2D eigenvalue weighted by Crippen LogP contribution is -2.49. The van der Waals surface area contributed by atoms with Gasteiger partial charge >= 0.3 is 0 Å². The zero-order chi connectivity index (χ0) is 12.4. The molecule has 96 valence electrons. The van der Waals surface area contributed by atoms with Crippen LogP contribution >= 0.6 is 0 Å². The molecule has 2 rings (SSSR count). The van der Waals surface area contributed by atoms with Crippen LogP contribution in [0.15, 0.2) is 22.8 Å². The normalized spacial score (nSPS) is 30.1. The molecule has 17 heavy (non-hydrogen) atoms. The van der Waals surface area contributed by atoms with Crippen molar-refractivity contribution in [3.8, 4) is 0 Å². The fourth-order valence-corrected chi connectivity index (χ4v) is 2.94. The molecule has 1 saturated heterocycles. The third kappa shape index (κ3) is 2.55. The predicted octanol–water partition coefficient (Wildman–Crippen LogP) is 2.79. The van der Waals surface area contributed by atoms with E-state index in [0.29, 0.717) is 6.04 Å². The Hall–Kier alpha value is -0.800. The highest BCUT2D eigenvalue weighted by molar-refractivity contribution is 5.08. The molecule has 2 heterocycles. The fourth-order valence-electron chi connectivity index (χ4n) is 2.94. The Morgan fingerprint density at radius 1 is 1.47 bits per heavy atom. The molecule has 3 heteroatoms. The Morgan fingerprint density at radius 3 is 2.82 bits per heavy atom. The summed E-state index contributed by atoms with van der Waals surface area (Å²) in [6, 6.07) is 4.87. The van der Waals surface area contributed by atoms with Crippen LogP contribution < -0.4 is 5.73 Å². The average molecular weight is 236 g/mol. The van der Waals surface area contributed by atoms with Crippen LogP contribution in [-0.2, 0) is 0 Å². The summed E-state index contributed by atoms with van der Waals surface area (Å²) in [4.78, 5) is 2.51. The summed E-state index contributed by atoms with van der Waals surface area (Å²) in [7, 11) is 0. The number of hydrogen-bond donors (Lipinski definition) is 1. The lowest BCUT2D eigenvalue weighted by molar-refractivity contribution is 0.0479. The molecule has 0 aromatic carbocycles. The van der Waals surface area contributed by atoms with Gasteiger partial charge < -0.3 is 10.2 Å². The second kappa shape index (κ2) is 5.23. The van der Waals surface area contributed by atoms with Gasteiger partial charge in [-0.3, -0.25) is 4.90 Å². The molecule has 4 atom stereocenters. The van der Waals surface area contributed by atoms with E-state index in [-0.39, 0.29) is 12.1 Å². The highest BCUT2D eigenvalue weighted by Crippen LogP contribution is 2.33. The highest BCUT2D eigenvalue weighted by Gasteiger charge is 2.34. The van der Waals surface area contributed by atoms with E-state index in [2.05, 4.69) is 25.7 Å². The first-order valence-corrected chi connectivity index (χ1v) is 6.66. The van der Waals surface area contributed by atoms with Crippen LogP contribution in [0.1, 0.15) is 45.4 Å². The largest absolute Gasteiger partial charge is 0.468 e.